The Kier molecular flexibility index (Phi) is 8.55. The van der Waals surface area contributed by atoms with Crippen LogP contribution < -0.4 is 0 Å². The van der Waals surface area contributed by atoms with Crippen LogP contribution >= 0.6 is 0 Å². The van der Waals surface area contributed by atoms with Crippen molar-refractivity contribution in [2.75, 3.05) is 0 Å². The van der Waals surface area contributed by atoms with Gasteiger partial charge in [-0.3, -0.25) is 0 Å². The molecule has 2 heteroatoms. The molecular weight excluding hydrogens is 350 g/mol. The molecule has 0 nitrogen and oxygen atoms in total. The molecule has 1 aromatic carbocycles. The minimum absolute atomic E-state index is 0.601. The van der Waals surface area contributed by atoms with Crippen molar-refractivity contribution in [1.82, 2.24) is 0 Å². The van der Waals surface area contributed by atoms with Crippen LogP contribution in [0.1, 0.15) is 107 Å². The maximum atomic E-state index is 12.4. The van der Waals surface area contributed by atoms with Gasteiger partial charge >= 0.3 is 0 Å². The highest BCUT2D eigenvalue weighted by atomic mass is 19.3. The lowest BCUT2D eigenvalue weighted by Crippen LogP contribution is -2.25. The maximum absolute atomic E-state index is 12.4. The second kappa shape index (κ2) is 11.1. The molecule has 0 radical (unpaired) electrons. The molecule has 0 atom stereocenters. The van der Waals surface area contributed by atoms with E-state index in [4.69, 9.17) is 0 Å². The second-order valence-corrected chi connectivity index (χ2v) is 9.34. The van der Waals surface area contributed by atoms with Crippen molar-refractivity contribution in [3.05, 3.63) is 41.5 Å². The van der Waals surface area contributed by atoms with Crippen LogP contribution in [0.3, 0.4) is 0 Å². The molecule has 0 heterocycles. The third-order valence-corrected chi connectivity index (χ3v) is 7.48. The summed E-state index contributed by atoms with van der Waals surface area (Å²) in [5.41, 5.74) is 1.94. The fraction of sp³-hybridized carbons (Fsp3) is 0.692. The highest BCUT2D eigenvalue weighted by Crippen LogP contribution is 2.44. The van der Waals surface area contributed by atoms with Crippen molar-refractivity contribution >= 4 is 6.08 Å². The highest BCUT2D eigenvalue weighted by molar-refractivity contribution is 5.50. The Hall–Kier alpha value is -1.18. The molecule has 2 aliphatic carbocycles. The molecule has 0 aliphatic heterocycles. The standard InChI is InChI=1S/C26H38F2/c1-2-3-4-5-6-20-7-11-22(12-8-20)24-15-17-25(18-16-24)23-13-9-21(10-14-23)19-26(27)28/h9-10,13-14,19-20,22,24-25H,2-8,11-12,15-18H2,1H3/t20-,22-,24-,25-. The Labute approximate surface area is 170 Å². The first-order chi connectivity index (χ1) is 13.7. The minimum Gasteiger partial charge on any atom is -0.173 e. The number of hydrogen-bond donors (Lipinski definition) is 0. The highest BCUT2D eigenvalue weighted by Gasteiger charge is 2.31. The van der Waals surface area contributed by atoms with E-state index >= 15 is 0 Å². The fourth-order valence-electron chi connectivity index (χ4n) is 5.72. The van der Waals surface area contributed by atoms with E-state index in [9.17, 15) is 8.78 Å². The normalized spacial score (nSPS) is 28.1. The summed E-state index contributed by atoms with van der Waals surface area (Å²) >= 11 is 0. The molecule has 0 N–H and O–H groups in total. The Bertz CT molecular complexity index is 583. The molecule has 0 spiro atoms. The summed E-state index contributed by atoms with van der Waals surface area (Å²) in [6, 6.07) is 7.79. The molecule has 3 rings (SSSR count). The molecular formula is C26H38F2. The van der Waals surface area contributed by atoms with Crippen molar-refractivity contribution in [3.63, 3.8) is 0 Å². The summed E-state index contributed by atoms with van der Waals surface area (Å²) < 4.78 is 24.7. The summed E-state index contributed by atoms with van der Waals surface area (Å²) in [7, 11) is 0. The van der Waals surface area contributed by atoms with E-state index < -0.39 is 6.08 Å². The van der Waals surface area contributed by atoms with E-state index in [2.05, 4.69) is 19.1 Å². The first-order valence-corrected chi connectivity index (χ1v) is 11.8. The van der Waals surface area contributed by atoms with Gasteiger partial charge in [0.2, 0.25) is 0 Å². The molecule has 2 saturated carbocycles. The largest absolute Gasteiger partial charge is 0.270 e. The summed E-state index contributed by atoms with van der Waals surface area (Å²) in [6.45, 7) is 2.29. The van der Waals surface area contributed by atoms with E-state index in [-0.39, 0.29) is 0 Å². The van der Waals surface area contributed by atoms with Crippen LogP contribution in [-0.4, -0.2) is 0 Å². The number of benzene rings is 1. The monoisotopic (exact) mass is 388 g/mol. The van der Waals surface area contributed by atoms with Crippen LogP contribution in [0.4, 0.5) is 8.78 Å². The number of halogens is 2. The summed E-state index contributed by atoms with van der Waals surface area (Å²) in [6.07, 6.45) is 17.5. The molecule has 156 valence electrons. The molecule has 2 aliphatic rings. The number of rotatable bonds is 8. The minimum atomic E-state index is -1.62. The van der Waals surface area contributed by atoms with Gasteiger partial charge in [-0.25, -0.2) is 0 Å². The zero-order valence-electron chi connectivity index (χ0n) is 17.6. The molecule has 0 amide bonds. The quantitative estimate of drug-likeness (QED) is 0.390. The van der Waals surface area contributed by atoms with Crippen LogP contribution in [0, 0.1) is 17.8 Å². The Morgan fingerprint density at radius 1 is 0.821 bits per heavy atom. The third kappa shape index (κ3) is 6.42. The predicted octanol–water partition coefficient (Wildman–Crippen LogP) is 8.97. The molecule has 1 aromatic rings. The van der Waals surface area contributed by atoms with Gasteiger partial charge in [0, 0.05) is 6.08 Å². The van der Waals surface area contributed by atoms with Crippen LogP contribution in [0.25, 0.3) is 6.08 Å². The van der Waals surface area contributed by atoms with Gasteiger partial charge in [0.1, 0.15) is 0 Å². The SMILES string of the molecule is CCCCCC[C@H]1CC[C@H]([C@H]2CC[C@H](c3ccc(C=C(F)F)cc3)CC2)CC1. The number of hydrogen-bond acceptors (Lipinski definition) is 0. The lowest BCUT2D eigenvalue weighted by Gasteiger charge is -2.38. The van der Waals surface area contributed by atoms with E-state index in [1.54, 1.807) is 0 Å². The average Bonchev–Trinajstić information content (AvgIpc) is 2.72. The van der Waals surface area contributed by atoms with Crippen LogP contribution in [0.15, 0.2) is 30.3 Å². The zero-order chi connectivity index (χ0) is 19.8. The van der Waals surface area contributed by atoms with Crippen LogP contribution in [0.2, 0.25) is 0 Å². The third-order valence-electron chi connectivity index (χ3n) is 7.48. The van der Waals surface area contributed by atoms with Crippen molar-refractivity contribution in [1.29, 1.82) is 0 Å². The maximum Gasteiger partial charge on any atom is 0.270 e. The van der Waals surface area contributed by atoms with Crippen molar-refractivity contribution < 1.29 is 8.78 Å². The second-order valence-electron chi connectivity index (χ2n) is 9.34. The first-order valence-electron chi connectivity index (χ1n) is 11.8. The fourth-order valence-corrected chi connectivity index (χ4v) is 5.72. The Morgan fingerprint density at radius 2 is 1.43 bits per heavy atom. The summed E-state index contributed by atoms with van der Waals surface area (Å²) in [5, 5.41) is 0. The van der Waals surface area contributed by atoms with Gasteiger partial charge in [0.15, 0.2) is 0 Å². The Balaban J connectivity index is 1.39. The van der Waals surface area contributed by atoms with Gasteiger partial charge in [-0.1, -0.05) is 76.1 Å². The van der Waals surface area contributed by atoms with Gasteiger partial charge in [-0.15, -0.1) is 0 Å². The molecule has 0 bridgehead atoms. The van der Waals surface area contributed by atoms with E-state index in [1.807, 2.05) is 12.1 Å². The molecule has 0 saturated heterocycles. The van der Waals surface area contributed by atoms with Gasteiger partial charge < -0.3 is 0 Å². The lowest BCUT2D eigenvalue weighted by atomic mass is 9.68. The zero-order valence-corrected chi connectivity index (χ0v) is 17.6. The lowest BCUT2D eigenvalue weighted by molar-refractivity contribution is 0.155. The van der Waals surface area contributed by atoms with Gasteiger partial charge in [-0.05, 0) is 73.3 Å². The van der Waals surface area contributed by atoms with Gasteiger partial charge in [0.25, 0.3) is 6.08 Å². The smallest absolute Gasteiger partial charge is 0.173 e. The molecule has 2 fully saturated rings. The number of unbranched alkanes of at least 4 members (excludes halogenated alkanes) is 3. The average molecular weight is 389 g/mol. The summed E-state index contributed by atoms with van der Waals surface area (Å²) in [5.74, 6) is 3.53. The van der Waals surface area contributed by atoms with E-state index in [0.717, 1.165) is 23.8 Å². The van der Waals surface area contributed by atoms with Crippen molar-refractivity contribution in [3.8, 4) is 0 Å². The van der Waals surface area contributed by atoms with E-state index in [1.165, 1.54) is 89.0 Å². The summed E-state index contributed by atoms with van der Waals surface area (Å²) in [4.78, 5) is 0. The van der Waals surface area contributed by atoms with Gasteiger partial charge in [0.05, 0.1) is 0 Å². The van der Waals surface area contributed by atoms with Crippen molar-refractivity contribution in [2.24, 2.45) is 17.8 Å². The molecule has 0 unspecified atom stereocenters. The van der Waals surface area contributed by atoms with Crippen molar-refractivity contribution in [2.45, 2.75) is 96.3 Å². The topological polar surface area (TPSA) is 0 Å². The molecule has 28 heavy (non-hydrogen) atoms. The van der Waals surface area contributed by atoms with Gasteiger partial charge in [-0.2, -0.15) is 8.78 Å². The van der Waals surface area contributed by atoms with Crippen LogP contribution in [0.5, 0.6) is 0 Å². The molecule has 0 aromatic heterocycles. The Morgan fingerprint density at radius 3 is 2.00 bits per heavy atom. The predicted molar refractivity (Wildman–Crippen MR) is 116 cm³/mol. The van der Waals surface area contributed by atoms with E-state index in [0.29, 0.717) is 11.5 Å². The van der Waals surface area contributed by atoms with Crippen LogP contribution in [-0.2, 0) is 0 Å². The first kappa shape index (κ1) is 21.5.